The average Bonchev–Trinajstić information content (AvgIpc) is 2.24. The molecule has 0 aliphatic rings. The molecule has 0 aromatic carbocycles. The van der Waals surface area contributed by atoms with Crippen molar-refractivity contribution in [2.75, 3.05) is 20.3 Å². The molecular formula is C10H17F3N2O4. The second kappa shape index (κ2) is 6.71. The number of methoxy groups -OCH3 is 1. The van der Waals surface area contributed by atoms with Crippen LogP contribution in [-0.4, -0.2) is 55.0 Å². The number of rotatable bonds is 7. The Balaban J connectivity index is 4.51. The van der Waals surface area contributed by atoms with Crippen LogP contribution in [0.25, 0.3) is 0 Å². The summed E-state index contributed by atoms with van der Waals surface area (Å²) in [6, 6.07) is -0.388. The Kier molecular flexibility index (Phi) is 6.23. The Labute approximate surface area is 108 Å². The molecule has 9 heteroatoms. The van der Waals surface area contributed by atoms with Crippen LogP contribution in [0.4, 0.5) is 13.2 Å². The van der Waals surface area contributed by atoms with Gasteiger partial charge in [-0.25, -0.2) is 4.79 Å². The summed E-state index contributed by atoms with van der Waals surface area (Å²) in [5.41, 5.74) is -3.17. The van der Waals surface area contributed by atoms with E-state index in [0.717, 1.165) is 0 Å². The molecule has 0 fully saturated rings. The van der Waals surface area contributed by atoms with E-state index in [1.165, 1.54) is 7.11 Å². The normalized spacial score (nSPS) is 16.5. The van der Waals surface area contributed by atoms with Crippen molar-refractivity contribution in [2.24, 2.45) is 0 Å². The lowest BCUT2D eigenvalue weighted by molar-refractivity contribution is -0.205. The van der Waals surface area contributed by atoms with Gasteiger partial charge in [-0.3, -0.25) is 10.1 Å². The van der Waals surface area contributed by atoms with E-state index in [1.807, 2.05) is 0 Å². The molecule has 0 radical (unpaired) electrons. The van der Waals surface area contributed by atoms with E-state index in [0.29, 0.717) is 6.92 Å². The van der Waals surface area contributed by atoms with Gasteiger partial charge < -0.3 is 15.2 Å². The molecule has 0 saturated heterocycles. The van der Waals surface area contributed by atoms with Crippen molar-refractivity contribution in [3.05, 3.63) is 0 Å². The zero-order valence-electron chi connectivity index (χ0n) is 10.8. The van der Waals surface area contributed by atoms with Crippen LogP contribution in [0.2, 0.25) is 0 Å². The van der Waals surface area contributed by atoms with Crippen LogP contribution in [0.3, 0.4) is 0 Å². The van der Waals surface area contributed by atoms with Crippen molar-refractivity contribution in [1.82, 2.24) is 10.6 Å². The minimum atomic E-state index is -5.02. The maximum Gasteiger partial charge on any atom is 0.417 e. The number of hydrogen-bond donors (Lipinski definition) is 3. The van der Waals surface area contributed by atoms with E-state index in [1.54, 1.807) is 12.2 Å². The average molecular weight is 286 g/mol. The molecule has 6 nitrogen and oxygen atoms in total. The number of halogens is 3. The van der Waals surface area contributed by atoms with E-state index in [4.69, 9.17) is 9.84 Å². The molecule has 112 valence electrons. The molecule has 0 aliphatic carbocycles. The zero-order chi connectivity index (χ0) is 15.3. The first-order valence-electron chi connectivity index (χ1n) is 5.38. The molecule has 0 aromatic heterocycles. The fourth-order valence-electron chi connectivity index (χ4n) is 1.17. The highest BCUT2D eigenvalue weighted by Crippen LogP contribution is 2.30. The minimum absolute atomic E-state index is 0.196. The van der Waals surface area contributed by atoms with E-state index in [2.05, 4.69) is 5.32 Å². The first kappa shape index (κ1) is 17.6. The summed E-state index contributed by atoms with van der Waals surface area (Å²) in [6.07, 6.45) is -5.02. The molecule has 0 bridgehead atoms. The second-order valence-electron chi connectivity index (χ2n) is 4.21. The van der Waals surface area contributed by atoms with E-state index in [-0.39, 0.29) is 12.6 Å². The first-order chi connectivity index (χ1) is 8.54. The molecule has 3 N–H and O–H groups in total. The maximum atomic E-state index is 12.6. The molecule has 0 spiro atoms. The van der Waals surface area contributed by atoms with Crippen LogP contribution < -0.4 is 10.6 Å². The van der Waals surface area contributed by atoms with E-state index < -0.39 is 30.1 Å². The fourth-order valence-corrected chi connectivity index (χ4v) is 1.17. The number of carbonyl (C=O) groups excluding carboxylic acids is 1. The topological polar surface area (TPSA) is 87.7 Å². The number of amides is 1. The van der Waals surface area contributed by atoms with Crippen molar-refractivity contribution < 1.29 is 32.6 Å². The number of carbonyl (C=O) groups is 2. The molecule has 0 saturated carbocycles. The summed E-state index contributed by atoms with van der Waals surface area (Å²) in [5.74, 6) is -2.85. The van der Waals surface area contributed by atoms with Gasteiger partial charge in [-0.1, -0.05) is 0 Å². The number of nitrogens with one attached hydrogen (secondary N) is 2. The third kappa shape index (κ3) is 5.03. The third-order valence-corrected chi connectivity index (χ3v) is 2.42. The van der Waals surface area contributed by atoms with Gasteiger partial charge >= 0.3 is 12.1 Å². The molecule has 19 heavy (non-hydrogen) atoms. The smallest absolute Gasteiger partial charge is 0.417 e. The van der Waals surface area contributed by atoms with Gasteiger partial charge in [0.1, 0.15) is 0 Å². The first-order valence-corrected chi connectivity index (χ1v) is 5.38. The molecule has 0 heterocycles. The van der Waals surface area contributed by atoms with Gasteiger partial charge in [0.05, 0.1) is 13.2 Å². The summed E-state index contributed by atoms with van der Waals surface area (Å²) in [7, 11) is 1.41. The standard InChI is InChI=1S/C10H17F3N2O4/c1-6(5-19-3)15-7(16)4-14-9(2,8(17)18)10(11,12)13/h6,14H,4-5H2,1-3H3,(H,15,16)(H,17,18). The number of ether oxygens (including phenoxy) is 1. The minimum Gasteiger partial charge on any atom is -0.480 e. The summed E-state index contributed by atoms with van der Waals surface area (Å²) >= 11 is 0. The van der Waals surface area contributed by atoms with Crippen LogP contribution in [0.15, 0.2) is 0 Å². The summed E-state index contributed by atoms with van der Waals surface area (Å²) in [5, 5.41) is 12.7. The highest BCUT2D eigenvalue weighted by Gasteiger charge is 2.57. The van der Waals surface area contributed by atoms with Crippen molar-refractivity contribution in [2.45, 2.75) is 31.6 Å². The second-order valence-corrected chi connectivity index (χ2v) is 4.21. The summed E-state index contributed by atoms with van der Waals surface area (Å²) < 4.78 is 42.5. The van der Waals surface area contributed by atoms with E-state index >= 15 is 0 Å². The van der Waals surface area contributed by atoms with Gasteiger partial charge in [0.2, 0.25) is 11.4 Å². The molecule has 0 aromatic rings. The zero-order valence-corrected chi connectivity index (χ0v) is 10.8. The molecule has 2 unspecified atom stereocenters. The molecular weight excluding hydrogens is 269 g/mol. The highest BCUT2D eigenvalue weighted by atomic mass is 19.4. The lowest BCUT2D eigenvalue weighted by Gasteiger charge is -2.28. The van der Waals surface area contributed by atoms with Crippen LogP contribution in [-0.2, 0) is 14.3 Å². The number of carboxylic acid groups (broad SMARTS) is 1. The van der Waals surface area contributed by atoms with Gasteiger partial charge in [-0.2, -0.15) is 13.2 Å². The van der Waals surface area contributed by atoms with E-state index in [9.17, 15) is 22.8 Å². The Bertz CT molecular complexity index is 335. The van der Waals surface area contributed by atoms with Gasteiger partial charge in [-0.05, 0) is 13.8 Å². The van der Waals surface area contributed by atoms with Gasteiger partial charge in [0.15, 0.2) is 0 Å². The Hall–Kier alpha value is -1.35. The predicted molar refractivity (Wildman–Crippen MR) is 59.6 cm³/mol. The predicted octanol–water partition coefficient (Wildman–Crippen LogP) is 0.133. The lowest BCUT2D eigenvalue weighted by atomic mass is 10.0. The van der Waals surface area contributed by atoms with Crippen LogP contribution in [0, 0.1) is 0 Å². The number of carboxylic acids is 1. The Morgan fingerprint density at radius 1 is 1.37 bits per heavy atom. The quantitative estimate of drug-likeness (QED) is 0.619. The Morgan fingerprint density at radius 2 is 1.89 bits per heavy atom. The Morgan fingerprint density at radius 3 is 2.26 bits per heavy atom. The summed E-state index contributed by atoms with van der Waals surface area (Å²) in [4.78, 5) is 22.0. The fraction of sp³-hybridized carbons (Fsp3) is 0.800. The molecule has 2 atom stereocenters. The largest absolute Gasteiger partial charge is 0.480 e. The van der Waals surface area contributed by atoms with Gasteiger partial charge in [-0.15, -0.1) is 0 Å². The molecule has 0 aliphatic heterocycles. The van der Waals surface area contributed by atoms with Gasteiger partial charge in [0.25, 0.3) is 0 Å². The monoisotopic (exact) mass is 286 g/mol. The van der Waals surface area contributed by atoms with Crippen LogP contribution in [0.5, 0.6) is 0 Å². The van der Waals surface area contributed by atoms with Crippen LogP contribution in [0.1, 0.15) is 13.8 Å². The summed E-state index contributed by atoms with van der Waals surface area (Å²) in [6.45, 7) is 1.49. The number of aliphatic carboxylic acids is 1. The third-order valence-electron chi connectivity index (χ3n) is 2.42. The van der Waals surface area contributed by atoms with Crippen molar-refractivity contribution in [3.63, 3.8) is 0 Å². The van der Waals surface area contributed by atoms with Gasteiger partial charge in [0, 0.05) is 13.2 Å². The van der Waals surface area contributed by atoms with Crippen molar-refractivity contribution in [3.8, 4) is 0 Å². The van der Waals surface area contributed by atoms with Crippen LogP contribution >= 0.6 is 0 Å². The lowest BCUT2D eigenvalue weighted by Crippen LogP contribution is -2.62. The SMILES string of the molecule is COCC(C)NC(=O)CNC(C)(C(=O)O)C(F)(F)F. The highest BCUT2D eigenvalue weighted by molar-refractivity contribution is 5.82. The maximum absolute atomic E-state index is 12.6. The number of alkyl halides is 3. The number of hydrogen-bond acceptors (Lipinski definition) is 4. The molecule has 1 amide bonds. The molecule has 0 rings (SSSR count). The van der Waals surface area contributed by atoms with Crippen molar-refractivity contribution >= 4 is 11.9 Å². The van der Waals surface area contributed by atoms with Crippen molar-refractivity contribution in [1.29, 1.82) is 0 Å².